The Hall–Kier alpha value is -3.67. The predicted molar refractivity (Wildman–Crippen MR) is 98.6 cm³/mol. The molecule has 4 rings (SSSR count). The van der Waals surface area contributed by atoms with Gasteiger partial charge in [-0.3, -0.25) is 10.1 Å². The lowest BCUT2D eigenvalue weighted by molar-refractivity contribution is -0.384. The van der Waals surface area contributed by atoms with Crippen LogP contribution in [-0.4, -0.2) is 11.1 Å². The molecule has 3 aromatic rings. The van der Waals surface area contributed by atoms with E-state index >= 15 is 0 Å². The highest BCUT2D eigenvalue weighted by Crippen LogP contribution is 2.38. The van der Waals surface area contributed by atoms with Gasteiger partial charge in [-0.15, -0.1) is 0 Å². The summed E-state index contributed by atoms with van der Waals surface area (Å²) in [4.78, 5) is 22.1. The molecule has 0 aromatic heterocycles. The van der Waals surface area contributed by atoms with E-state index in [-0.39, 0.29) is 18.0 Å². The maximum Gasteiger partial charge on any atom is 0.514 e. The second-order valence-corrected chi connectivity index (χ2v) is 6.17. The maximum atomic E-state index is 11.9. The van der Waals surface area contributed by atoms with Gasteiger partial charge in [0.2, 0.25) is 0 Å². The van der Waals surface area contributed by atoms with E-state index in [9.17, 15) is 14.9 Å². The SMILES string of the molecule is O=C(OCc1cccc2c1Cc1ccccc1-2)Oc1ccc([N+](=O)[O-])cc1. The normalized spacial score (nSPS) is 11.4. The zero-order valence-electron chi connectivity index (χ0n) is 14.3. The van der Waals surface area contributed by atoms with E-state index < -0.39 is 11.1 Å². The molecule has 1 aliphatic carbocycles. The first-order valence-corrected chi connectivity index (χ1v) is 8.40. The minimum Gasteiger partial charge on any atom is -0.429 e. The summed E-state index contributed by atoms with van der Waals surface area (Å²) in [5, 5.41) is 10.6. The van der Waals surface area contributed by atoms with Crippen molar-refractivity contribution in [3.8, 4) is 16.9 Å². The van der Waals surface area contributed by atoms with Crippen molar-refractivity contribution >= 4 is 11.8 Å². The van der Waals surface area contributed by atoms with Gasteiger partial charge < -0.3 is 9.47 Å². The van der Waals surface area contributed by atoms with Crippen LogP contribution in [0.4, 0.5) is 10.5 Å². The van der Waals surface area contributed by atoms with Gasteiger partial charge in [-0.1, -0.05) is 42.5 Å². The molecule has 0 spiro atoms. The molecule has 3 aromatic carbocycles. The molecule has 0 unspecified atom stereocenters. The molecule has 0 saturated heterocycles. The van der Waals surface area contributed by atoms with Crippen LogP contribution in [0, 0.1) is 10.1 Å². The molecule has 134 valence electrons. The fraction of sp³-hybridized carbons (Fsp3) is 0.0952. The molecule has 0 amide bonds. The average Bonchev–Trinajstić information content (AvgIpc) is 3.06. The molecular formula is C21H15NO5. The summed E-state index contributed by atoms with van der Waals surface area (Å²) in [5.41, 5.74) is 5.65. The molecule has 0 atom stereocenters. The van der Waals surface area contributed by atoms with E-state index in [0.29, 0.717) is 0 Å². The Morgan fingerprint density at radius 1 is 0.963 bits per heavy atom. The van der Waals surface area contributed by atoms with Crippen LogP contribution in [0.25, 0.3) is 11.1 Å². The van der Waals surface area contributed by atoms with Crippen LogP contribution in [0.5, 0.6) is 5.75 Å². The van der Waals surface area contributed by atoms with Gasteiger partial charge in [0.25, 0.3) is 5.69 Å². The maximum absolute atomic E-state index is 11.9. The zero-order valence-corrected chi connectivity index (χ0v) is 14.3. The smallest absolute Gasteiger partial charge is 0.429 e. The van der Waals surface area contributed by atoms with E-state index in [1.165, 1.54) is 35.4 Å². The molecular weight excluding hydrogens is 346 g/mol. The van der Waals surface area contributed by atoms with Crippen molar-refractivity contribution in [1.29, 1.82) is 0 Å². The van der Waals surface area contributed by atoms with Crippen molar-refractivity contribution in [1.82, 2.24) is 0 Å². The number of ether oxygens (including phenoxy) is 2. The Balaban J connectivity index is 1.42. The summed E-state index contributed by atoms with van der Waals surface area (Å²) < 4.78 is 10.3. The number of nitro groups is 1. The van der Waals surface area contributed by atoms with E-state index in [1.54, 1.807) is 0 Å². The minimum atomic E-state index is -0.850. The van der Waals surface area contributed by atoms with Crippen molar-refractivity contribution in [3.63, 3.8) is 0 Å². The number of fused-ring (bicyclic) bond motifs is 3. The van der Waals surface area contributed by atoms with Gasteiger partial charge in [0.05, 0.1) is 4.92 Å². The van der Waals surface area contributed by atoms with Crippen LogP contribution in [0.2, 0.25) is 0 Å². The largest absolute Gasteiger partial charge is 0.514 e. The highest BCUT2D eigenvalue weighted by Gasteiger charge is 2.21. The van der Waals surface area contributed by atoms with E-state index in [1.807, 2.05) is 24.3 Å². The zero-order chi connectivity index (χ0) is 18.8. The van der Waals surface area contributed by atoms with Crippen molar-refractivity contribution in [3.05, 3.63) is 93.5 Å². The number of carbonyl (C=O) groups excluding carboxylic acids is 1. The van der Waals surface area contributed by atoms with Crippen LogP contribution in [-0.2, 0) is 17.8 Å². The van der Waals surface area contributed by atoms with Crippen LogP contribution < -0.4 is 4.74 Å². The Morgan fingerprint density at radius 3 is 2.48 bits per heavy atom. The predicted octanol–water partition coefficient (Wildman–Crippen LogP) is 4.88. The number of nitro benzene ring substituents is 1. The third kappa shape index (κ3) is 3.37. The highest BCUT2D eigenvalue weighted by molar-refractivity contribution is 5.78. The summed E-state index contributed by atoms with van der Waals surface area (Å²) in [5.74, 6) is 0.191. The average molecular weight is 361 g/mol. The van der Waals surface area contributed by atoms with E-state index in [0.717, 1.165) is 23.1 Å². The van der Waals surface area contributed by atoms with Gasteiger partial charge >= 0.3 is 6.16 Å². The summed E-state index contributed by atoms with van der Waals surface area (Å²) in [6.45, 7) is 0.100. The molecule has 0 N–H and O–H groups in total. The first kappa shape index (κ1) is 16.8. The van der Waals surface area contributed by atoms with Gasteiger partial charge in [-0.05, 0) is 46.4 Å². The van der Waals surface area contributed by atoms with Crippen molar-refractivity contribution < 1.29 is 19.2 Å². The standard InChI is InChI=1S/C21H15NO5/c23-21(27-17-10-8-16(9-11-17)22(24)25)26-13-15-5-3-7-19-18-6-2-1-4-14(18)12-20(15)19/h1-11H,12-13H2. The molecule has 6 heteroatoms. The van der Waals surface area contributed by atoms with Crippen LogP contribution in [0.1, 0.15) is 16.7 Å². The van der Waals surface area contributed by atoms with Crippen molar-refractivity contribution in [2.45, 2.75) is 13.0 Å². The van der Waals surface area contributed by atoms with Gasteiger partial charge in [0.15, 0.2) is 0 Å². The van der Waals surface area contributed by atoms with Gasteiger partial charge in [-0.25, -0.2) is 4.79 Å². The number of rotatable bonds is 4. The summed E-state index contributed by atoms with van der Waals surface area (Å²) in [6.07, 6.45) is -0.0421. The molecule has 0 bridgehead atoms. The number of benzene rings is 3. The second kappa shape index (κ2) is 6.92. The summed E-state index contributed by atoms with van der Waals surface area (Å²) in [6, 6.07) is 19.4. The molecule has 0 aliphatic heterocycles. The monoisotopic (exact) mass is 361 g/mol. The first-order valence-electron chi connectivity index (χ1n) is 8.40. The quantitative estimate of drug-likeness (QED) is 0.224. The summed E-state index contributed by atoms with van der Waals surface area (Å²) >= 11 is 0. The van der Waals surface area contributed by atoms with Crippen molar-refractivity contribution in [2.24, 2.45) is 0 Å². The highest BCUT2D eigenvalue weighted by atomic mass is 16.7. The third-order valence-corrected chi connectivity index (χ3v) is 4.54. The van der Waals surface area contributed by atoms with E-state index in [2.05, 4.69) is 18.2 Å². The molecule has 0 saturated carbocycles. The Morgan fingerprint density at radius 2 is 1.70 bits per heavy atom. The van der Waals surface area contributed by atoms with Crippen LogP contribution >= 0.6 is 0 Å². The number of hydrogen-bond acceptors (Lipinski definition) is 5. The van der Waals surface area contributed by atoms with Gasteiger partial charge in [-0.2, -0.15) is 0 Å². The second-order valence-electron chi connectivity index (χ2n) is 6.17. The first-order chi connectivity index (χ1) is 13.1. The third-order valence-electron chi connectivity index (χ3n) is 4.54. The van der Waals surface area contributed by atoms with Crippen molar-refractivity contribution in [2.75, 3.05) is 0 Å². The number of non-ortho nitro benzene ring substituents is 1. The number of hydrogen-bond donors (Lipinski definition) is 0. The summed E-state index contributed by atoms with van der Waals surface area (Å²) in [7, 11) is 0. The minimum absolute atomic E-state index is 0.0740. The van der Waals surface area contributed by atoms with Crippen LogP contribution in [0.3, 0.4) is 0 Å². The fourth-order valence-corrected chi connectivity index (χ4v) is 3.26. The van der Waals surface area contributed by atoms with Gasteiger partial charge in [0, 0.05) is 12.1 Å². The lowest BCUT2D eigenvalue weighted by Crippen LogP contribution is -2.11. The topological polar surface area (TPSA) is 78.7 Å². The van der Waals surface area contributed by atoms with Gasteiger partial charge in [0.1, 0.15) is 12.4 Å². The Bertz CT molecular complexity index is 1030. The molecule has 0 fully saturated rings. The molecule has 27 heavy (non-hydrogen) atoms. The lowest BCUT2D eigenvalue weighted by Gasteiger charge is -2.10. The molecule has 1 aliphatic rings. The molecule has 6 nitrogen and oxygen atoms in total. The lowest BCUT2D eigenvalue weighted by atomic mass is 10.0. The fourth-order valence-electron chi connectivity index (χ4n) is 3.26. The number of nitrogens with zero attached hydrogens (tertiary/aromatic N) is 1. The Kier molecular flexibility index (Phi) is 4.30. The Labute approximate surface area is 155 Å². The van der Waals surface area contributed by atoms with Crippen LogP contribution in [0.15, 0.2) is 66.7 Å². The molecule has 0 heterocycles. The van der Waals surface area contributed by atoms with E-state index in [4.69, 9.17) is 9.47 Å². The number of carbonyl (C=O) groups is 1. The molecule has 0 radical (unpaired) electrons.